The minimum Gasteiger partial charge on any atom is -0.493 e. The van der Waals surface area contributed by atoms with Crippen LogP contribution < -0.4 is 20.1 Å². The maximum Gasteiger partial charge on any atom is 0.191 e. The second-order valence-corrected chi connectivity index (χ2v) is 7.88. The van der Waals surface area contributed by atoms with Gasteiger partial charge in [0, 0.05) is 24.9 Å². The van der Waals surface area contributed by atoms with Gasteiger partial charge in [-0.25, -0.2) is 0 Å². The number of nitrogens with one attached hydrogen (secondary N) is 2. The molecular weight excluding hydrogens is 449 g/mol. The quantitative estimate of drug-likeness (QED) is 0.357. The molecule has 7 heteroatoms. The van der Waals surface area contributed by atoms with Crippen molar-refractivity contribution < 1.29 is 9.47 Å². The summed E-state index contributed by atoms with van der Waals surface area (Å²) in [5.41, 5.74) is 1.20. The van der Waals surface area contributed by atoms with Crippen LogP contribution in [0.2, 0.25) is 0 Å². The van der Waals surface area contributed by atoms with Crippen molar-refractivity contribution in [1.82, 2.24) is 10.6 Å². The minimum absolute atomic E-state index is 0. The third-order valence-electron chi connectivity index (χ3n) is 4.31. The van der Waals surface area contributed by atoms with Gasteiger partial charge in [-0.2, -0.15) is 11.8 Å². The molecule has 25 heavy (non-hydrogen) atoms. The summed E-state index contributed by atoms with van der Waals surface area (Å²) in [7, 11) is 5.13. The van der Waals surface area contributed by atoms with Crippen molar-refractivity contribution in [3.8, 4) is 11.5 Å². The standard InChI is InChI=1S/C18H29N3O2S.HI/c1-18(9-5-11-24-18)13-21-17(19-2)20-10-8-14-6-7-15(22-3)16(12-14)23-4;/h6-7,12H,5,8-11,13H2,1-4H3,(H2,19,20,21);1H. The highest BCUT2D eigenvalue weighted by molar-refractivity contribution is 14.0. The summed E-state index contributed by atoms with van der Waals surface area (Å²) < 4.78 is 11.0. The number of halogens is 1. The molecule has 1 aliphatic heterocycles. The molecule has 1 aromatic carbocycles. The van der Waals surface area contributed by atoms with E-state index in [1.54, 1.807) is 14.2 Å². The van der Waals surface area contributed by atoms with Crippen LogP contribution in [-0.2, 0) is 6.42 Å². The summed E-state index contributed by atoms with van der Waals surface area (Å²) in [6.07, 6.45) is 3.48. The molecule has 1 saturated heterocycles. The van der Waals surface area contributed by atoms with Crippen LogP contribution >= 0.6 is 35.7 Å². The lowest BCUT2D eigenvalue weighted by Gasteiger charge is -2.24. The maximum absolute atomic E-state index is 5.35. The molecule has 1 aromatic rings. The molecule has 0 aromatic heterocycles. The van der Waals surface area contributed by atoms with E-state index in [9.17, 15) is 0 Å². The molecular formula is C18H30IN3O2S. The van der Waals surface area contributed by atoms with Gasteiger partial charge in [0.2, 0.25) is 0 Å². The zero-order valence-electron chi connectivity index (χ0n) is 15.6. The molecule has 2 rings (SSSR count). The highest BCUT2D eigenvalue weighted by Crippen LogP contribution is 2.36. The number of hydrogen-bond acceptors (Lipinski definition) is 4. The second kappa shape index (κ2) is 11.0. The van der Waals surface area contributed by atoms with Gasteiger partial charge in [0.05, 0.1) is 14.2 Å². The Morgan fingerprint density at radius 1 is 1.24 bits per heavy atom. The van der Waals surface area contributed by atoms with E-state index in [1.165, 1.54) is 24.2 Å². The molecule has 5 nitrogen and oxygen atoms in total. The first-order chi connectivity index (χ1) is 11.6. The average Bonchev–Trinajstić information content (AvgIpc) is 3.04. The molecule has 0 aliphatic carbocycles. The van der Waals surface area contributed by atoms with Crippen molar-refractivity contribution in [1.29, 1.82) is 0 Å². The van der Waals surface area contributed by atoms with E-state index in [4.69, 9.17) is 9.47 Å². The number of ether oxygens (including phenoxy) is 2. The zero-order valence-corrected chi connectivity index (χ0v) is 18.7. The second-order valence-electron chi connectivity index (χ2n) is 6.19. The van der Waals surface area contributed by atoms with Crippen molar-refractivity contribution in [2.45, 2.75) is 30.9 Å². The molecule has 0 radical (unpaired) electrons. The molecule has 1 unspecified atom stereocenters. The number of hydrogen-bond donors (Lipinski definition) is 2. The van der Waals surface area contributed by atoms with Gasteiger partial charge in [-0.05, 0) is 49.6 Å². The van der Waals surface area contributed by atoms with Crippen LogP contribution in [0.25, 0.3) is 0 Å². The molecule has 2 N–H and O–H groups in total. The summed E-state index contributed by atoms with van der Waals surface area (Å²) in [4.78, 5) is 4.31. The number of rotatable bonds is 7. The fraction of sp³-hybridized carbons (Fsp3) is 0.611. The van der Waals surface area contributed by atoms with Gasteiger partial charge < -0.3 is 20.1 Å². The van der Waals surface area contributed by atoms with Crippen LogP contribution in [0.15, 0.2) is 23.2 Å². The SMILES string of the molecule is CN=C(NCCc1ccc(OC)c(OC)c1)NCC1(C)CCCS1.I. The van der Waals surface area contributed by atoms with Crippen molar-refractivity contribution >= 4 is 41.7 Å². The van der Waals surface area contributed by atoms with Gasteiger partial charge >= 0.3 is 0 Å². The normalized spacial score (nSPS) is 19.9. The number of benzene rings is 1. The lowest BCUT2D eigenvalue weighted by atomic mass is 10.1. The molecule has 1 atom stereocenters. The Morgan fingerprint density at radius 3 is 2.60 bits per heavy atom. The Kier molecular flexibility index (Phi) is 9.78. The summed E-state index contributed by atoms with van der Waals surface area (Å²) in [6, 6.07) is 6.03. The zero-order chi connectivity index (χ0) is 17.4. The predicted octanol–water partition coefficient (Wildman–Crippen LogP) is 3.32. The van der Waals surface area contributed by atoms with Gasteiger partial charge in [0.1, 0.15) is 0 Å². The monoisotopic (exact) mass is 479 g/mol. The van der Waals surface area contributed by atoms with Crippen LogP contribution in [0.3, 0.4) is 0 Å². The topological polar surface area (TPSA) is 54.9 Å². The van der Waals surface area contributed by atoms with Crippen molar-refractivity contribution in [2.75, 3.05) is 40.1 Å². The van der Waals surface area contributed by atoms with E-state index >= 15 is 0 Å². The van der Waals surface area contributed by atoms with E-state index in [1.807, 2.05) is 19.2 Å². The molecule has 1 aliphatic rings. The van der Waals surface area contributed by atoms with Gasteiger partial charge in [-0.15, -0.1) is 24.0 Å². The Hall–Kier alpha value is -0.830. The first-order valence-corrected chi connectivity index (χ1v) is 9.38. The van der Waals surface area contributed by atoms with Crippen LogP contribution in [0.1, 0.15) is 25.3 Å². The average molecular weight is 479 g/mol. The van der Waals surface area contributed by atoms with Crippen LogP contribution in [0.5, 0.6) is 11.5 Å². The van der Waals surface area contributed by atoms with Gasteiger partial charge in [0.25, 0.3) is 0 Å². The molecule has 0 amide bonds. The molecule has 142 valence electrons. The Morgan fingerprint density at radius 2 is 2.00 bits per heavy atom. The van der Waals surface area contributed by atoms with Crippen molar-refractivity contribution in [3.05, 3.63) is 23.8 Å². The fourth-order valence-electron chi connectivity index (χ4n) is 2.83. The molecule has 0 spiro atoms. The van der Waals surface area contributed by atoms with Crippen LogP contribution in [0.4, 0.5) is 0 Å². The van der Waals surface area contributed by atoms with E-state index in [2.05, 4.69) is 40.4 Å². The first kappa shape index (κ1) is 22.2. The van der Waals surface area contributed by atoms with Crippen molar-refractivity contribution in [2.24, 2.45) is 4.99 Å². The number of thioether (sulfide) groups is 1. The number of aliphatic imine (C=N–C) groups is 1. The fourth-order valence-corrected chi connectivity index (χ4v) is 4.07. The Balaban J connectivity index is 0.00000312. The highest BCUT2D eigenvalue weighted by Gasteiger charge is 2.29. The first-order valence-electron chi connectivity index (χ1n) is 8.39. The van der Waals surface area contributed by atoms with Crippen LogP contribution in [0, 0.1) is 0 Å². The van der Waals surface area contributed by atoms with Crippen molar-refractivity contribution in [3.63, 3.8) is 0 Å². The van der Waals surface area contributed by atoms with E-state index < -0.39 is 0 Å². The van der Waals surface area contributed by atoms with Gasteiger partial charge in [0.15, 0.2) is 17.5 Å². The number of methoxy groups -OCH3 is 2. The predicted molar refractivity (Wildman–Crippen MR) is 118 cm³/mol. The third kappa shape index (κ3) is 6.77. The maximum atomic E-state index is 5.35. The Labute approximate surface area is 172 Å². The van der Waals surface area contributed by atoms with E-state index in [0.717, 1.165) is 37.0 Å². The number of nitrogens with zero attached hydrogens (tertiary/aromatic N) is 1. The van der Waals surface area contributed by atoms with E-state index in [-0.39, 0.29) is 24.0 Å². The summed E-state index contributed by atoms with van der Waals surface area (Å²) in [6.45, 7) is 4.10. The lowest BCUT2D eigenvalue weighted by molar-refractivity contribution is 0.354. The summed E-state index contributed by atoms with van der Waals surface area (Å²) >= 11 is 2.05. The lowest BCUT2D eigenvalue weighted by Crippen LogP contribution is -2.44. The molecule has 1 heterocycles. The van der Waals surface area contributed by atoms with E-state index in [0.29, 0.717) is 4.75 Å². The molecule has 0 bridgehead atoms. The highest BCUT2D eigenvalue weighted by atomic mass is 127. The van der Waals surface area contributed by atoms with Gasteiger partial charge in [-0.1, -0.05) is 6.07 Å². The van der Waals surface area contributed by atoms with Crippen LogP contribution in [-0.4, -0.2) is 50.8 Å². The summed E-state index contributed by atoms with van der Waals surface area (Å²) in [5.74, 6) is 3.66. The third-order valence-corrected chi connectivity index (χ3v) is 5.85. The minimum atomic E-state index is 0. The molecule has 1 fully saturated rings. The largest absolute Gasteiger partial charge is 0.493 e. The number of guanidine groups is 1. The molecule has 0 saturated carbocycles. The summed E-state index contributed by atoms with van der Waals surface area (Å²) in [5, 5.41) is 6.84. The smallest absolute Gasteiger partial charge is 0.191 e. The van der Waals surface area contributed by atoms with Gasteiger partial charge in [-0.3, -0.25) is 4.99 Å². The Bertz CT molecular complexity index is 563.